The van der Waals surface area contributed by atoms with Gasteiger partial charge in [-0.15, -0.1) is 0 Å². The molecule has 19 heavy (non-hydrogen) atoms. The van der Waals surface area contributed by atoms with Gasteiger partial charge < -0.3 is 10.5 Å². The average Bonchev–Trinajstić information content (AvgIpc) is 3.01. The molecule has 2 heterocycles. The van der Waals surface area contributed by atoms with Gasteiger partial charge in [-0.2, -0.15) is 10.2 Å². The minimum Gasteiger partial charge on any atom is -0.462 e. The van der Waals surface area contributed by atoms with Crippen molar-refractivity contribution in [3.63, 3.8) is 0 Å². The minimum absolute atomic E-state index is 0.142. The van der Waals surface area contributed by atoms with E-state index in [4.69, 9.17) is 10.5 Å². The van der Waals surface area contributed by atoms with Gasteiger partial charge in [0.1, 0.15) is 0 Å². The van der Waals surface area contributed by atoms with Crippen LogP contribution in [0.15, 0.2) is 24.8 Å². The van der Waals surface area contributed by atoms with E-state index in [1.54, 1.807) is 28.7 Å². The van der Waals surface area contributed by atoms with Crippen LogP contribution in [0.4, 0.5) is 0 Å². The minimum atomic E-state index is -0.379. The lowest BCUT2D eigenvalue weighted by Crippen LogP contribution is -2.20. The van der Waals surface area contributed by atoms with E-state index in [-0.39, 0.29) is 12.0 Å². The third-order valence-corrected chi connectivity index (χ3v) is 2.76. The predicted octanol–water partition coefficient (Wildman–Crippen LogP) is 0.341. The molecule has 0 amide bonds. The van der Waals surface area contributed by atoms with Gasteiger partial charge in [0, 0.05) is 31.5 Å². The van der Waals surface area contributed by atoms with Gasteiger partial charge in [0.05, 0.1) is 30.6 Å². The molecule has 0 aliphatic carbocycles. The van der Waals surface area contributed by atoms with E-state index in [0.29, 0.717) is 18.7 Å². The fraction of sp³-hybridized carbons (Fsp3) is 0.417. The maximum Gasteiger partial charge on any atom is 0.341 e. The van der Waals surface area contributed by atoms with Crippen molar-refractivity contribution in [3.8, 4) is 0 Å². The van der Waals surface area contributed by atoms with E-state index in [1.807, 2.05) is 13.2 Å². The van der Waals surface area contributed by atoms with Gasteiger partial charge in [-0.05, 0) is 6.92 Å². The van der Waals surface area contributed by atoms with Gasteiger partial charge in [0.25, 0.3) is 0 Å². The van der Waals surface area contributed by atoms with E-state index in [0.717, 1.165) is 5.56 Å². The standard InChI is InChI=1S/C12H17N5O2/c1-3-19-12(18)10-6-15-17(8-10)11(4-13)9-5-14-16(2)7-9/h5-8,11H,3-4,13H2,1-2H3. The van der Waals surface area contributed by atoms with E-state index in [9.17, 15) is 4.79 Å². The van der Waals surface area contributed by atoms with Gasteiger partial charge >= 0.3 is 5.97 Å². The Morgan fingerprint density at radius 1 is 1.42 bits per heavy atom. The van der Waals surface area contributed by atoms with Crippen LogP contribution >= 0.6 is 0 Å². The first-order valence-corrected chi connectivity index (χ1v) is 6.05. The van der Waals surface area contributed by atoms with Crippen LogP contribution in [0.3, 0.4) is 0 Å². The lowest BCUT2D eigenvalue weighted by Gasteiger charge is -2.13. The topological polar surface area (TPSA) is 88.0 Å². The third kappa shape index (κ3) is 2.82. The molecule has 0 aliphatic rings. The summed E-state index contributed by atoms with van der Waals surface area (Å²) in [5, 5.41) is 8.29. The van der Waals surface area contributed by atoms with Gasteiger partial charge in [0.15, 0.2) is 0 Å². The summed E-state index contributed by atoms with van der Waals surface area (Å²) in [6.07, 6.45) is 6.74. The highest BCUT2D eigenvalue weighted by Gasteiger charge is 2.17. The van der Waals surface area contributed by atoms with Crippen LogP contribution in [0, 0.1) is 0 Å². The smallest absolute Gasteiger partial charge is 0.341 e. The average molecular weight is 263 g/mol. The predicted molar refractivity (Wildman–Crippen MR) is 68.6 cm³/mol. The Morgan fingerprint density at radius 3 is 2.79 bits per heavy atom. The molecule has 2 N–H and O–H groups in total. The number of hydrogen-bond donors (Lipinski definition) is 1. The van der Waals surface area contributed by atoms with Gasteiger partial charge in [-0.1, -0.05) is 0 Å². The Bertz CT molecular complexity index is 560. The monoisotopic (exact) mass is 263 g/mol. The van der Waals surface area contributed by atoms with Crippen LogP contribution in [0.1, 0.15) is 28.9 Å². The zero-order valence-electron chi connectivity index (χ0n) is 11.0. The molecule has 7 heteroatoms. The first-order valence-electron chi connectivity index (χ1n) is 6.05. The number of esters is 1. The maximum atomic E-state index is 11.6. The Kier molecular flexibility index (Phi) is 3.96. The zero-order chi connectivity index (χ0) is 13.8. The molecule has 0 spiro atoms. The highest BCUT2D eigenvalue weighted by Crippen LogP contribution is 2.16. The van der Waals surface area contributed by atoms with Crippen LogP contribution in [0.25, 0.3) is 0 Å². The molecule has 0 radical (unpaired) electrons. The summed E-state index contributed by atoms with van der Waals surface area (Å²) in [6.45, 7) is 2.48. The Hall–Kier alpha value is -2.15. The van der Waals surface area contributed by atoms with Crippen molar-refractivity contribution in [2.75, 3.05) is 13.2 Å². The van der Waals surface area contributed by atoms with E-state index in [1.165, 1.54) is 6.20 Å². The normalized spacial score (nSPS) is 12.4. The Labute approximate surface area is 111 Å². The highest BCUT2D eigenvalue weighted by atomic mass is 16.5. The van der Waals surface area contributed by atoms with Crippen molar-refractivity contribution in [2.24, 2.45) is 12.8 Å². The van der Waals surface area contributed by atoms with Crippen molar-refractivity contribution in [2.45, 2.75) is 13.0 Å². The van der Waals surface area contributed by atoms with E-state index in [2.05, 4.69) is 10.2 Å². The molecule has 0 bridgehead atoms. The number of nitrogens with zero attached hydrogens (tertiary/aromatic N) is 4. The maximum absolute atomic E-state index is 11.6. The molecule has 1 unspecified atom stereocenters. The number of ether oxygens (including phenoxy) is 1. The summed E-state index contributed by atoms with van der Waals surface area (Å²) in [5.41, 5.74) is 7.14. The van der Waals surface area contributed by atoms with Crippen LogP contribution < -0.4 is 5.73 Å². The molecular weight excluding hydrogens is 246 g/mol. The van der Waals surface area contributed by atoms with E-state index < -0.39 is 0 Å². The fourth-order valence-corrected chi connectivity index (χ4v) is 1.84. The lowest BCUT2D eigenvalue weighted by molar-refractivity contribution is 0.0526. The Morgan fingerprint density at radius 2 is 2.21 bits per heavy atom. The van der Waals surface area contributed by atoms with Crippen LogP contribution in [0.2, 0.25) is 0 Å². The first-order chi connectivity index (χ1) is 9.15. The number of aromatic nitrogens is 4. The number of aryl methyl sites for hydroxylation is 1. The summed E-state index contributed by atoms with van der Waals surface area (Å²) in [5.74, 6) is -0.379. The van der Waals surface area contributed by atoms with Crippen molar-refractivity contribution >= 4 is 5.97 Å². The number of nitrogens with two attached hydrogens (primary N) is 1. The molecule has 7 nitrogen and oxygen atoms in total. The molecule has 0 saturated carbocycles. The second-order valence-electron chi connectivity index (χ2n) is 4.13. The summed E-state index contributed by atoms with van der Waals surface area (Å²) in [4.78, 5) is 11.6. The van der Waals surface area contributed by atoms with E-state index >= 15 is 0 Å². The molecule has 2 aromatic heterocycles. The van der Waals surface area contributed by atoms with Crippen molar-refractivity contribution in [3.05, 3.63) is 35.9 Å². The van der Waals surface area contributed by atoms with Gasteiger partial charge in [-0.25, -0.2) is 4.79 Å². The van der Waals surface area contributed by atoms with Crippen molar-refractivity contribution in [1.29, 1.82) is 0 Å². The number of hydrogen-bond acceptors (Lipinski definition) is 5. The molecule has 0 saturated heterocycles. The lowest BCUT2D eigenvalue weighted by atomic mass is 10.1. The highest BCUT2D eigenvalue weighted by molar-refractivity contribution is 5.88. The van der Waals surface area contributed by atoms with Crippen LogP contribution in [-0.4, -0.2) is 38.7 Å². The summed E-state index contributed by atoms with van der Waals surface area (Å²) in [6, 6.07) is -0.142. The molecule has 2 rings (SSSR count). The quantitative estimate of drug-likeness (QED) is 0.786. The number of carbonyl (C=O) groups excluding carboxylic acids is 1. The number of carbonyl (C=O) groups is 1. The molecular formula is C12H17N5O2. The van der Waals surface area contributed by atoms with Crippen molar-refractivity contribution in [1.82, 2.24) is 19.6 Å². The molecule has 1 atom stereocenters. The summed E-state index contributed by atoms with van der Waals surface area (Å²) >= 11 is 0. The largest absolute Gasteiger partial charge is 0.462 e. The molecule has 0 aromatic carbocycles. The van der Waals surface area contributed by atoms with Crippen LogP contribution in [0.5, 0.6) is 0 Å². The third-order valence-electron chi connectivity index (χ3n) is 2.76. The molecule has 0 fully saturated rings. The second kappa shape index (κ2) is 5.66. The van der Waals surface area contributed by atoms with Gasteiger partial charge in [-0.3, -0.25) is 9.36 Å². The van der Waals surface area contributed by atoms with Gasteiger partial charge in [0.2, 0.25) is 0 Å². The zero-order valence-corrected chi connectivity index (χ0v) is 11.0. The summed E-state index contributed by atoms with van der Waals surface area (Å²) < 4.78 is 8.28. The SMILES string of the molecule is CCOC(=O)c1cnn(C(CN)c2cnn(C)c2)c1. The molecule has 0 aliphatic heterocycles. The fourth-order valence-electron chi connectivity index (χ4n) is 1.84. The Balaban J connectivity index is 2.22. The number of rotatable bonds is 5. The summed E-state index contributed by atoms with van der Waals surface area (Å²) in [7, 11) is 1.84. The van der Waals surface area contributed by atoms with Crippen molar-refractivity contribution < 1.29 is 9.53 Å². The molecule has 102 valence electrons. The second-order valence-corrected chi connectivity index (χ2v) is 4.13. The first kappa shape index (κ1) is 13.3. The van der Waals surface area contributed by atoms with Crippen LogP contribution in [-0.2, 0) is 11.8 Å². The molecule has 2 aromatic rings.